The molecule has 84 valence electrons. The maximum atomic E-state index is 11.0. The van der Waals surface area contributed by atoms with Gasteiger partial charge in [0.05, 0.1) is 11.7 Å². The van der Waals surface area contributed by atoms with Crippen molar-refractivity contribution in [3.05, 3.63) is 12.2 Å². The van der Waals surface area contributed by atoms with Crippen LogP contribution < -0.4 is 0 Å². The van der Waals surface area contributed by atoms with Gasteiger partial charge in [-0.2, -0.15) is 0 Å². The van der Waals surface area contributed by atoms with Gasteiger partial charge in [0, 0.05) is 11.3 Å². The summed E-state index contributed by atoms with van der Waals surface area (Å²) in [4.78, 5) is 0. The molecule has 3 aliphatic rings. The first kappa shape index (κ1) is 9.86. The fourth-order valence-corrected chi connectivity index (χ4v) is 4.72. The molecule has 2 N–H and O–H groups in total. The van der Waals surface area contributed by atoms with Crippen LogP contribution in [0.5, 0.6) is 0 Å². The van der Waals surface area contributed by atoms with Crippen molar-refractivity contribution < 1.29 is 10.2 Å². The van der Waals surface area contributed by atoms with Crippen molar-refractivity contribution in [2.45, 2.75) is 50.7 Å². The first-order valence-electron chi connectivity index (χ1n) is 6.10. The predicted octanol–water partition coefficient (Wildman–Crippen LogP) is 1.86. The molecule has 2 nitrogen and oxygen atoms in total. The smallest absolute Gasteiger partial charge is 0.0818 e. The summed E-state index contributed by atoms with van der Waals surface area (Å²) in [5.41, 5.74) is 0.229. The summed E-state index contributed by atoms with van der Waals surface area (Å²) >= 11 is 0. The number of aliphatic hydroxyl groups excluding tert-OH is 1. The van der Waals surface area contributed by atoms with Crippen LogP contribution in [-0.2, 0) is 0 Å². The lowest BCUT2D eigenvalue weighted by Gasteiger charge is -2.49. The van der Waals surface area contributed by atoms with Crippen LogP contribution in [0, 0.1) is 17.3 Å². The third-order valence-corrected chi connectivity index (χ3v) is 5.57. The van der Waals surface area contributed by atoms with Crippen LogP contribution in [-0.4, -0.2) is 21.9 Å². The van der Waals surface area contributed by atoms with Gasteiger partial charge in [-0.05, 0) is 38.0 Å². The van der Waals surface area contributed by atoms with Crippen LogP contribution in [0.4, 0.5) is 0 Å². The van der Waals surface area contributed by atoms with Gasteiger partial charge >= 0.3 is 0 Å². The monoisotopic (exact) mass is 208 g/mol. The van der Waals surface area contributed by atoms with Crippen molar-refractivity contribution in [1.29, 1.82) is 0 Å². The van der Waals surface area contributed by atoms with E-state index in [2.05, 4.69) is 13.5 Å². The summed E-state index contributed by atoms with van der Waals surface area (Å²) in [5, 5.41) is 21.3. The Labute approximate surface area is 91.0 Å². The summed E-state index contributed by atoms with van der Waals surface area (Å²) in [6.07, 6.45) is 4.40. The van der Waals surface area contributed by atoms with Crippen molar-refractivity contribution in [3.63, 3.8) is 0 Å². The molecule has 1 unspecified atom stereocenters. The maximum absolute atomic E-state index is 11.0. The summed E-state index contributed by atoms with van der Waals surface area (Å²) in [6, 6.07) is 0. The van der Waals surface area contributed by atoms with E-state index in [1.807, 2.05) is 0 Å². The molecule has 0 saturated heterocycles. The Balaban J connectivity index is 2.15. The van der Waals surface area contributed by atoms with Gasteiger partial charge in [0.15, 0.2) is 0 Å². The van der Waals surface area contributed by atoms with E-state index >= 15 is 0 Å². The fourth-order valence-electron chi connectivity index (χ4n) is 4.72. The first-order valence-corrected chi connectivity index (χ1v) is 6.10. The van der Waals surface area contributed by atoms with Gasteiger partial charge in [-0.1, -0.05) is 19.1 Å². The molecule has 2 heteroatoms. The Morgan fingerprint density at radius 3 is 2.73 bits per heavy atom. The molecular formula is C13H20O2. The van der Waals surface area contributed by atoms with Crippen molar-refractivity contribution in [2.75, 3.05) is 0 Å². The lowest BCUT2D eigenvalue weighted by atomic mass is 9.61. The van der Waals surface area contributed by atoms with Crippen LogP contribution in [0.15, 0.2) is 12.2 Å². The maximum Gasteiger partial charge on any atom is 0.0818 e. The number of rotatable bonds is 0. The fraction of sp³-hybridized carbons (Fsp3) is 0.846. The highest BCUT2D eigenvalue weighted by atomic mass is 16.3. The van der Waals surface area contributed by atoms with Crippen molar-refractivity contribution in [1.82, 2.24) is 0 Å². The molecule has 3 fully saturated rings. The summed E-state index contributed by atoms with van der Waals surface area (Å²) in [7, 11) is 0. The van der Waals surface area contributed by atoms with Crippen molar-refractivity contribution >= 4 is 0 Å². The Morgan fingerprint density at radius 1 is 1.33 bits per heavy atom. The second kappa shape index (κ2) is 2.67. The molecule has 0 aliphatic heterocycles. The zero-order valence-corrected chi connectivity index (χ0v) is 9.37. The Kier molecular flexibility index (Phi) is 1.75. The Hall–Kier alpha value is -0.340. The molecule has 3 aliphatic carbocycles. The molecule has 15 heavy (non-hydrogen) atoms. The molecule has 3 saturated carbocycles. The second-order valence-electron chi connectivity index (χ2n) is 5.89. The van der Waals surface area contributed by atoms with Crippen LogP contribution in [0.2, 0.25) is 0 Å². The van der Waals surface area contributed by atoms with Gasteiger partial charge in [-0.3, -0.25) is 0 Å². The number of hydrogen-bond acceptors (Lipinski definition) is 2. The lowest BCUT2D eigenvalue weighted by molar-refractivity contribution is -0.152. The molecule has 3 rings (SSSR count). The van der Waals surface area contributed by atoms with Gasteiger partial charge in [-0.15, -0.1) is 0 Å². The van der Waals surface area contributed by atoms with Crippen LogP contribution >= 0.6 is 0 Å². The molecule has 2 bridgehead atoms. The van der Waals surface area contributed by atoms with E-state index in [1.165, 1.54) is 0 Å². The molecule has 0 amide bonds. The molecule has 0 aromatic carbocycles. The van der Waals surface area contributed by atoms with E-state index in [0.717, 1.165) is 31.3 Å². The van der Waals surface area contributed by atoms with Crippen LogP contribution in [0.1, 0.15) is 39.0 Å². The van der Waals surface area contributed by atoms with Gasteiger partial charge in [0.2, 0.25) is 0 Å². The summed E-state index contributed by atoms with van der Waals surface area (Å²) in [6.45, 7) is 6.19. The Bertz CT molecular complexity index is 324. The van der Waals surface area contributed by atoms with E-state index < -0.39 is 5.60 Å². The van der Waals surface area contributed by atoms with E-state index in [0.29, 0.717) is 12.3 Å². The topological polar surface area (TPSA) is 40.5 Å². The number of aliphatic hydroxyl groups is 2. The second-order valence-corrected chi connectivity index (χ2v) is 5.89. The minimum Gasteiger partial charge on any atom is -0.392 e. The average molecular weight is 208 g/mol. The van der Waals surface area contributed by atoms with Crippen LogP contribution in [0.3, 0.4) is 0 Å². The van der Waals surface area contributed by atoms with E-state index in [4.69, 9.17) is 0 Å². The van der Waals surface area contributed by atoms with Crippen molar-refractivity contribution in [2.24, 2.45) is 17.3 Å². The minimum atomic E-state index is -0.651. The molecule has 5 atom stereocenters. The van der Waals surface area contributed by atoms with Crippen LogP contribution in [0.25, 0.3) is 0 Å². The van der Waals surface area contributed by atoms with Gasteiger partial charge in [0.25, 0.3) is 0 Å². The van der Waals surface area contributed by atoms with E-state index in [9.17, 15) is 10.2 Å². The van der Waals surface area contributed by atoms with Crippen molar-refractivity contribution in [3.8, 4) is 0 Å². The first-order chi connectivity index (χ1) is 7.02. The molecular weight excluding hydrogens is 188 g/mol. The normalized spacial score (nSPS) is 58.3. The average Bonchev–Trinajstić information content (AvgIpc) is 2.56. The molecule has 0 heterocycles. The quantitative estimate of drug-likeness (QED) is 0.597. The number of hydrogen-bond donors (Lipinski definition) is 2. The zero-order chi connectivity index (χ0) is 10.8. The van der Waals surface area contributed by atoms with E-state index in [1.54, 1.807) is 0 Å². The standard InChI is InChI=1S/C13H20O2/c1-8-7-11(14)12-5-3-9(2)13(12,15)10(8)4-6-12/h9-11,14-15H,1,3-7H2,2H3/t9?,10-,11+,12+,13+/m0/s1. The lowest BCUT2D eigenvalue weighted by Crippen LogP contribution is -2.57. The highest BCUT2D eigenvalue weighted by Gasteiger charge is 2.70. The molecule has 0 aromatic heterocycles. The van der Waals surface area contributed by atoms with Gasteiger partial charge in [-0.25, -0.2) is 0 Å². The zero-order valence-electron chi connectivity index (χ0n) is 9.37. The minimum absolute atomic E-state index is 0.196. The SMILES string of the molecule is C=C1C[C@@H](O)[C@]23CCC(C)[C@@]2(O)[C@H]1CC3. The Morgan fingerprint density at radius 2 is 2.00 bits per heavy atom. The largest absolute Gasteiger partial charge is 0.392 e. The third kappa shape index (κ3) is 0.853. The third-order valence-electron chi connectivity index (χ3n) is 5.57. The van der Waals surface area contributed by atoms with Gasteiger partial charge in [0.1, 0.15) is 0 Å². The highest BCUT2D eigenvalue weighted by Crippen LogP contribution is 2.68. The molecule has 0 aromatic rings. The molecule has 0 radical (unpaired) electrons. The molecule has 0 spiro atoms. The van der Waals surface area contributed by atoms with Gasteiger partial charge < -0.3 is 10.2 Å². The summed E-state index contributed by atoms with van der Waals surface area (Å²) < 4.78 is 0. The summed E-state index contributed by atoms with van der Waals surface area (Å²) in [5.74, 6) is 0.565. The van der Waals surface area contributed by atoms with E-state index in [-0.39, 0.29) is 17.4 Å². The highest BCUT2D eigenvalue weighted by molar-refractivity contribution is 5.29. The predicted molar refractivity (Wildman–Crippen MR) is 58.3 cm³/mol.